The highest BCUT2D eigenvalue weighted by Gasteiger charge is 2.32. The molecule has 1 heterocycles. The number of hydrogen-bond acceptors (Lipinski definition) is 4. The topological polar surface area (TPSA) is 55.8 Å². The quantitative estimate of drug-likeness (QED) is 0.425. The number of rotatable bonds is 1. The number of esters is 1. The maximum absolute atomic E-state index is 10.8. The van der Waals surface area contributed by atoms with Gasteiger partial charge in [-0.05, 0) is 13.0 Å². The maximum Gasteiger partial charge on any atom is 0.335 e. The molecule has 4 heteroatoms. The van der Waals surface area contributed by atoms with Gasteiger partial charge >= 0.3 is 5.97 Å². The zero-order chi connectivity index (χ0) is 8.43. The molecule has 0 aromatic carbocycles. The number of hydrogen-bond donors (Lipinski definition) is 1. The summed E-state index contributed by atoms with van der Waals surface area (Å²) in [4.78, 5) is 10.8. The third-order valence-corrected chi connectivity index (χ3v) is 1.44. The lowest BCUT2D eigenvalue weighted by atomic mass is 10.3. The number of aliphatic hydroxyl groups is 1. The molecule has 0 bridgehead atoms. The first-order chi connectivity index (χ1) is 5.15. The molecule has 0 aromatic heterocycles. The summed E-state index contributed by atoms with van der Waals surface area (Å²) in [5.41, 5.74) is 0. The van der Waals surface area contributed by atoms with Crippen LogP contribution in [-0.2, 0) is 14.3 Å². The van der Waals surface area contributed by atoms with Crippen molar-refractivity contribution in [3.8, 4) is 0 Å². The summed E-state index contributed by atoms with van der Waals surface area (Å²) in [6.07, 6.45) is -1.19. The third-order valence-electron chi connectivity index (χ3n) is 1.44. The molecule has 0 saturated carbocycles. The molecule has 1 aliphatic rings. The van der Waals surface area contributed by atoms with Crippen LogP contribution in [0.3, 0.4) is 0 Å². The summed E-state index contributed by atoms with van der Waals surface area (Å²) in [5.74, 6) is -0.472. The Balaban J connectivity index is 2.61. The van der Waals surface area contributed by atoms with E-state index in [1.54, 1.807) is 0 Å². The molecule has 0 radical (unpaired) electrons. The van der Waals surface area contributed by atoms with E-state index in [0.717, 1.165) is 0 Å². The second kappa shape index (κ2) is 3.02. The van der Waals surface area contributed by atoms with Gasteiger partial charge in [0.2, 0.25) is 0 Å². The van der Waals surface area contributed by atoms with Crippen molar-refractivity contribution in [2.24, 2.45) is 0 Å². The number of ether oxygens (including phenoxy) is 2. The average Bonchev–Trinajstić information content (AvgIpc) is 1.97. The second-order valence-electron chi connectivity index (χ2n) is 2.31. The van der Waals surface area contributed by atoms with Gasteiger partial charge in [-0.3, -0.25) is 0 Å². The van der Waals surface area contributed by atoms with E-state index < -0.39 is 24.5 Å². The van der Waals surface area contributed by atoms with Crippen LogP contribution >= 0.6 is 0 Å². The van der Waals surface area contributed by atoms with Gasteiger partial charge in [0.05, 0.1) is 0 Å². The minimum Gasteiger partial charge on any atom is -0.451 e. The fraction of sp³-hybridized carbons (Fsp3) is 0.571. The van der Waals surface area contributed by atoms with E-state index in [-0.39, 0.29) is 0 Å². The molecule has 1 fully saturated rings. The SMILES string of the molecule is C=CC1OC(=O)C(C)OC1O. The van der Waals surface area contributed by atoms with E-state index >= 15 is 0 Å². The van der Waals surface area contributed by atoms with E-state index in [0.29, 0.717) is 0 Å². The van der Waals surface area contributed by atoms with E-state index in [1.165, 1.54) is 13.0 Å². The number of carbonyl (C=O) groups excluding carboxylic acids is 1. The number of carbonyl (C=O) groups is 1. The molecule has 1 aliphatic heterocycles. The molecule has 0 aromatic rings. The molecule has 0 aliphatic carbocycles. The van der Waals surface area contributed by atoms with Crippen LogP contribution in [0.2, 0.25) is 0 Å². The Hall–Kier alpha value is -0.870. The highest BCUT2D eigenvalue weighted by molar-refractivity contribution is 5.75. The van der Waals surface area contributed by atoms with Crippen molar-refractivity contribution in [2.45, 2.75) is 25.4 Å². The summed E-state index contributed by atoms with van der Waals surface area (Å²) < 4.78 is 9.54. The lowest BCUT2D eigenvalue weighted by molar-refractivity contribution is -0.233. The summed E-state index contributed by atoms with van der Waals surface area (Å²) in [5, 5.41) is 9.09. The Morgan fingerprint density at radius 3 is 2.91 bits per heavy atom. The van der Waals surface area contributed by atoms with Crippen molar-refractivity contribution >= 4 is 5.97 Å². The molecule has 3 atom stereocenters. The zero-order valence-corrected chi connectivity index (χ0v) is 6.19. The molecular formula is C7H10O4. The normalized spacial score (nSPS) is 38.0. The molecule has 62 valence electrons. The lowest BCUT2D eigenvalue weighted by Gasteiger charge is -2.28. The third kappa shape index (κ3) is 1.58. The van der Waals surface area contributed by atoms with Gasteiger partial charge in [-0.15, -0.1) is 0 Å². The Bertz CT molecular complexity index is 177. The second-order valence-corrected chi connectivity index (χ2v) is 2.31. The van der Waals surface area contributed by atoms with Crippen LogP contribution in [0.1, 0.15) is 6.92 Å². The highest BCUT2D eigenvalue weighted by atomic mass is 16.7. The minimum atomic E-state index is -1.08. The molecular weight excluding hydrogens is 148 g/mol. The van der Waals surface area contributed by atoms with Crippen LogP contribution < -0.4 is 0 Å². The molecule has 11 heavy (non-hydrogen) atoms. The monoisotopic (exact) mass is 158 g/mol. The smallest absolute Gasteiger partial charge is 0.335 e. The van der Waals surface area contributed by atoms with Crippen LogP contribution in [0, 0.1) is 0 Å². The maximum atomic E-state index is 10.8. The van der Waals surface area contributed by atoms with E-state index in [1.807, 2.05) is 0 Å². The van der Waals surface area contributed by atoms with Gasteiger partial charge in [0, 0.05) is 0 Å². The lowest BCUT2D eigenvalue weighted by Crippen LogP contribution is -2.44. The molecule has 1 saturated heterocycles. The Morgan fingerprint density at radius 2 is 2.36 bits per heavy atom. The van der Waals surface area contributed by atoms with E-state index in [4.69, 9.17) is 14.6 Å². The largest absolute Gasteiger partial charge is 0.451 e. The summed E-state index contributed by atoms with van der Waals surface area (Å²) in [6, 6.07) is 0. The van der Waals surface area contributed by atoms with Crippen LogP contribution in [0.25, 0.3) is 0 Å². The fourth-order valence-corrected chi connectivity index (χ4v) is 0.795. The summed E-state index contributed by atoms with van der Waals surface area (Å²) >= 11 is 0. The van der Waals surface area contributed by atoms with Crippen LogP contribution in [0.5, 0.6) is 0 Å². The van der Waals surface area contributed by atoms with E-state index in [9.17, 15) is 4.79 Å². The van der Waals surface area contributed by atoms with Gasteiger partial charge in [0.1, 0.15) is 0 Å². The Kier molecular flexibility index (Phi) is 2.26. The van der Waals surface area contributed by atoms with Crippen molar-refractivity contribution in [3.63, 3.8) is 0 Å². The molecule has 0 spiro atoms. The van der Waals surface area contributed by atoms with E-state index in [2.05, 4.69) is 6.58 Å². The predicted molar refractivity (Wildman–Crippen MR) is 36.6 cm³/mol. The molecule has 1 rings (SSSR count). The first kappa shape index (κ1) is 8.23. The summed E-state index contributed by atoms with van der Waals surface area (Å²) in [7, 11) is 0. The van der Waals surface area contributed by atoms with Gasteiger partial charge in [-0.1, -0.05) is 6.58 Å². The zero-order valence-electron chi connectivity index (χ0n) is 6.19. The molecule has 3 unspecified atom stereocenters. The van der Waals surface area contributed by atoms with Crippen LogP contribution in [-0.4, -0.2) is 29.6 Å². The minimum absolute atomic E-state index is 0.472. The first-order valence-electron chi connectivity index (χ1n) is 3.31. The van der Waals surface area contributed by atoms with Gasteiger partial charge in [-0.2, -0.15) is 0 Å². The molecule has 0 amide bonds. The van der Waals surface area contributed by atoms with Crippen molar-refractivity contribution < 1.29 is 19.4 Å². The average molecular weight is 158 g/mol. The number of aliphatic hydroxyl groups excluding tert-OH is 1. The van der Waals surface area contributed by atoms with Crippen molar-refractivity contribution in [3.05, 3.63) is 12.7 Å². The van der Waals surface area contributed by atoms with Gasteiger partial charge < -0.3 is 14.6 Å². The van der Waals surface area contributed by atoms with Gasteiger partial charge in [-0.25, -0.2) is 4.79 Å². The van der Waals surface area contributed by atoms with Gasteiger partial charge in [0.15, 0.2) is 18.5 Å². The highest BCUT2D eigenvalue weighted by Crippen LogP contribution is 2.14. The Labute approximate surface area is 64.4 Å². The van der Waals surface area contributed by atoms with Crippen LogP contribution in [0.4, 0.5) is 0 Å². The molecule has 4 nitrogen and oxygen atoms in total. The standard InChI is InChI=1S/C7H10O4/c1-3-5-7(9)10-4(2)6(8)11-5/h3-5,7,9H,1H2,2H3. The summed E-state index contributed by atoms with van der Waals surface area (Å²) in [6.45, 7) is 4.90. The first-order valence-corrected chi connectivity index (χ1v) is 3.31. The number of cyclic esters (lactones) is 1. The predicted octanol–water partition coefficient (Wildman–Crippen LogP) is -0.179. The Morgan fingerprint density at radius 1 is 1.73 bits per heavy atom. The van der Waals surface area contributed by atoms with Crippen LogP contribution in [0.15, 0.2) is 12.7 Å². The molecule has 1 N–H and O–H groups in total. The van der Waals surface area contributed by atoms with Crippen molar-refractivity contribution in [1.82, 2.24) is 0 Å². The van der Waals surface area contributed by atoms with Crippen molar-refractivity contribution in [2.75, 3.05) is 0 Å². The van der Waals surface area contributed by atoms with Crippen molar-refractivity contribution in [1.29, 1.82) is 0 Å². The van der Waals surface area contributed by atoms with Gasteiger partial charge in [0.25, 0.3) is 0 Å². The fourth-order valence-electron chi connectivity index (χ4n) is 0.795.